The fourth-order valence-electron chi connectivity index (χ4n) is 2.71. The van der Waals surface area contributed by atoms with Crippen LogP contribution in [0, 0.1) is 21.4 Å². The topological polar surface area (TPSA) is 66.9 Å². The second-order valence-corrected chi connectivity index (χ2v) is 5.11. The zero-order valence-corrected chi connectivity index (χ0v) is 11.1. The first-order chi connectivity index (χ1) is 9.61. The molecule has 0 fully saturated rings. The average Bonchev–Trinajstić information content (AvgIpc) is 2.45. The quantitative estimate of drug-likeness (QED) is 0.585. The summed E-state index contributed by atoms with van der Waals surface area (Å²) in [7, 11) is 0. The maximum Gasteiger partial charge on any atom is 0.273 e. The van der Waals surface area contributed by atoms with Gasteiger partial charge < -0.3 is 0 Å². The van der Waals surface area contributed by atoms with Crippen molar-refractivity contribution < 1.29 is 4.92 Å². The molecular weight excluding hydrogens is 276 g/mol. The lowest BCUT2D eigenvalue weighted by Crippen LogP contribution is -2.11. The predicted octanol–water partition coefficient (Wildman–Crippen LogP) is 4.08. The first-order valence-corrected chi connectivity index (χ1v) is 6.45. The molecule has 0 bridgehead atoms. The van der Waals surface area contributed by atoms with Crippen molar-refractivity contribution in [2.75, 3.05) is 0 Å². The molecule has 2 aromatic rings. The third-order valence-corrected chi connectivity index (χ3v) is 3.83. The number of nitro benzene ring substituents is 1. The highest BCUT2D eigenvalue weighted by molar-refractivity contribution is 6.31. The highest BCUT2D eigenvalue weighted by atomic mass is 35.5. The lowest BCUT2D eigenvalue weighted by atomic mass is 9.79. The van der Waals surface area contributed by atoms with E-state index in [1.807, 2.05) is 12.1 Å². The number of halogens is 1. The largest absolute Gasteiger partial charge is 0.273 e. The van der Waals surface area contributed by atoms with E-state index in [1.165, 1.54) is 6.07 Å². The summed E-state index contributed by atoms with van der Waals surface area (Å²) in [5.41, 5.74) is 3.16. The molecule has 0 spiro atoms. The summed E-state index contributed by atoms with van der Waals surface area (Å²) < 4.78 is 0. The number of nitrogens with zero attached hydrogens (tertiary/aromatic N) is 2. The Morgan fingerprint density at radius 3 is 2.80 bits per heavy atom. The second-order valence-electron chi connectivity index (χ2n) is 4.68. The SMILES string of the molecule is N#C[C@H]1Cc2c(cccc2[N+](=O)[O-])-c2cc(Cl)ccc21. The Bertz CT molecular complexity index is 765. The molecule has 2 aromatic carbocycles. The van der Waals surface area contributed by atoms with Crippen molar-refractivity contribution >= 4 is 17.3 Å². The minimum atomic E-state index is -0.400. The van der Waals surface area contributed by atoms with Crippen molar-refractivity contribution in [3.8, 4) is 17.2 Å². The number of nitriles is 1. The third kappa shape index (κ3) is 1.84. The number of fused-ring (bicyclic) bond motifs is 3. The van der Waals surface area contributed by atoms with Gasteiger partial charge in [-0.3, -0.25) is 10.1 Å². The number of hydrogen-bond donors (Lipinski definition) is 0. The fourth-order valence-corrected chi connectivity index (χ4v) is 2.88. The molecule has 0 aliphatic heterocycles. The van der Waals surface area contributed by atoms with Crippen molar-refractivity contribution in [1.82, 2.24) is 0 Å². The molecule has 1 atom stereocenters. The summed E-state index contributed by atoms with van der Waals surface area (Å²) in [5, 5.41) is 21.0. The van der Waals surface area contributed by atoms with Gasteiger partial charge in [-0.2, -0.15) is 5.26 Å². The van der Waals surface area contributed by atoms with E-state index >= 15 is 0 Å². The van der Waals surface area contributed by atoms with Gasteiger partial charge in [0.25, 0.3) is 5.69 Å². The van der Waals surface area contributed by atoms with Gasteiger partial charge in [0.2, 0.25) is 0 Å². The van der Waals surface area contributed by atoms with Crippen LogP contribution in [0.1, 0.15) is 17.0 Å². The Balaban J connectivity index is 2.33. The van der Waals surface area contributed by atoms with Gasteiger partial charge in [0.1, 0.15) is 0 Å². The van der Waals surface area contributed by atoms with E-state index in [0.717, 1.165) is 16.7 Å². The normalized spacial score (nSPS) is 15.9. The van der Waals surface area contributed by atoms with Gasteiger partial charge >= 0.3 is 0 Å². The van der Waals surface area contributed by atoms with Crippen molar-refractivity contribution in [1.29, 1.82) is 5.26 Å². The standard InChI is InChI=1S/C15H9ClN2O2/c16-10-4-5-11-9(8-17)6-14-12(13(11)7-10)2-1-3-15(14)18(19)20/h1-5,7,9H,6H2/t9-/m1/s1. The number of hydrogen-bond acceptors (Lipinski definition) is 3. The van der Waals surface area contributed by atoms with Crippen LogP contribution < -0.4 is 0 Å². The average molecular weight is 285 g/mol. The van der Waals surface area contributed by atoms with Crippen LogP contribution in [0.4, 0.5) is 5.69 Å². The van der Waals surface area contributed by atoms with Crippen LogP contribution in [0.3, 0.4) is 0 Å². The van der Waals surface area contributed by atoms with Gasteiger partial charge in [-0.15, -0.1) is 0 Å². The molecule has 0 unspecified atom stereocenters. The Morgan fingerprint density at radius 2 is 2.10 bits per heavy atom. The molecule has 0 radical (unpaired) electrons. The first-order valence-electron chi connectivity index (χ1n) is 6.07. The zero-order chi connectivity index (χ0) is 14.3. The molecule has 0 N–H and O–H groups in total. The Hall–Kier alpha value is -2.38. The fraction of sp³-hybridized carbons (Fsp3) is 0.133. The highest BCUT2D eigenvalue weighted by Gasteiger charge is 2.29. The molecule has 5 heteroatoms. The molecular formula is C15H9ClN2O2. The Kier molecular flexibility index (Phi) is 2.92. The van der Waals surface area contributed by atoms with Crippen molar-refractivity contribution in [3.63, 3.8) is 0 Å². The Labute approximate surface area is 120 Å². The molecule has 1 aliphatic carbocycles. The summed E-state index contributed by atoms with van der Waals surface area (Å²) in [6.07, 6.45) is 0.359. The lowest BCUT2D eigenvalue weighted by molar-refractivity contribution is -0.385. The summed E-state index contributed by atoms with van der Waals surface area (Å²) in [6.45, 7) is 0. The summed E-state index contributed by atoms with van der Waals surface area (Å²) in [6, 6.07) is 12.5. The lowest BCUT2D eigenvalue weighted by Gasteiger charge is -2.23. The molecule has 4 nitrogen and oxygen atoms in total. The summed E-state index contributed by atoms with van der Waals surface area (Å²) in [4.78, 5) is 10.7. The number of rotatable bonds is 1. The highest BCUT2D eigenvalue weighted by Crippen LogP contribution is 2.43. The molecule has 0 saturated heterocycles. The van der Waals surface area contributed by atoms with Crippen LogP contribution in [-0.4, -0.2) is 4.92 Å². The third-order valence-electron chi connectivity index (χ3n) is 3.59. The zero-order valence-electron chi connectivity index (χ0n) is 10.3. The molecule has 0 aromatic heterocycles. The van der Waals surface area contributed by atoms with E-state index in [0.29, 0.717) is 17.0 Å². The van der Waals surface area contributed by atoms with E-state index in [-0.39, 0.29) is 11.6 Å². The van der Waals surface area contributed by atoms with Crippen molar-refractivity contribution in [2.45, 2.75) is 12.3 Å². The van der Waals surface area contributed by atoms with Gasteiger partial charge in [-0.25, -0.2) is 0 Å². The smallest absolute Gasteiger partial charge is 0.258 e. The van der Waals surface area contributed by atoms with E-state index in [1.54, 1.807) is 18.2 Å². The van der Waals surface area contributed by atoms with Gasteiger partial charge in [0, 0.05) is 16.7 Å². The molecule has 3 rings (SSSR count). The Morgan fingerprint density at radius 1 is 1.30 bits per heavy atom. The summed E-state index contributed by atoms with van der Waals surface area (Å²) in [5.74, 6) is -0.379. The summed E-state index contributed by atoms with van der Waals surface area (Å²) >= 11 is 6.02. The minimum Gasteiger partial charge on any atom is -0.258 e. The van der Waals surface area contributed by atoms with Crippen molar-refractivity contribution in [3.05, 3.63) is 62.7 Å². The van der Waals surface area contributed by atoms with Crippen LogP contribution in [0.15, 0.2) is 36.4 Å². The van der Waals surface area contributed by atoms with E-state index < -0.39 is 4.92 Å². The van der Waals surface area contributed by atoms with Crippen LogP contribution in [-0.2, 0) is 6.42 Å². The maximum atomic E-state index is 11.1. The van der Waals surface area contributed by atoms with Crippen LogP contribution in [0.25, 0.3) is 11.1 Å². The van der Waals surface area contributed by atoms with Crippen LogP contribution >= 0.6 is 11.6 Å². The van der Waals surface area contributed by atoms with Crippen LogP contribution in [0.2, 0.25) is 5.02 Å². The molecule has 0 saturated carbocycles. The van der Waals surface area contributed by atoms with Crippen molar-refractivity contribution in [2.24, 2.45) is 0 Å². The molecule has 98 valence electrons. The molecule has 0 heterocycles. The van der Waals surface area contributed by atoms with E-state index in [2.05, 4.69) is 6.07 Å². The molecule has 1 aliphatic rings. The van der Waals surface area contributed by atoms with E-state index in [4.69, 9.17) is 11.6 Å². The van der Waals surface area contributed by atoms with Gasteiger partial charge in [-0.1, -0.05) is 29.8 Å². The first kappa shape index (κ1) is 12.6. The maximum absolute atomic E-state index is 11.1. The monoisotopic (exact) mass is 284 g/mol. The minimum absolute atomic E-state index is 0.0633. The van der Waals surface area contributed by atoms with Gasteiger partial charge in [0.05, 0.1) is 16.9 Å². The molecule has 0 amide bonds. The van der Waals surface area contributed by atoms with E-state index in [9.17, 15) is 15.4 Å². The van der Waals surface area contributed by atoms with Gasteiger partial charge in [0.15, 0.2) is 0 Å². The van der Waals surface area contributed by atoms with Crippen LogP contribution in [0.5, 0.6) is 0 Å². The predicted molar refractivity (Wildman–Crippen MR) is 75.6 cm³/mol. The number of nitro groups is 1. The second kappa shape index (κ2) is 4.62. The molecule has 20 heavy (non-hydrogen) atoms. The van der Waals surface area contributed by atoms with Gasteiger partial charge in [-0.05, 0) is 35.2 Å². The number of benzene rings is 2.